The number of carboxylic acid groups (broad SMARTS) is 1. The molecule has 2 heterocycles. The molecule has 0 saturated heterocycles. The maximum absolute atomic E-state index is 10.7. The van der Waals surface area contributed by atoms with Crippen molar-refractivity contribution in [2.45, 2.75) is 19.9 Å². The van der Waals surface area contributed by atoms with Crippen LogP contribution in [0.4, 0.5) is 0 Å². The Morgan fingerprint density at radius 2 is 2.39 bits per heavy atom. The van der Waals surface area contributed by atoms with Crippen molar-refractivity contribution < 1.29 is 9.90 Å². The fourth-order valence-electron chi connectivity index (χ4n) is 1.50. The Bertz CT molecular complexity index is 571. The zero-order valence-electron chi connectivity index (χ0n) is 9.91. The van der Waals surface area contributed by atoms with E-state index in [0.29, 0.717) is 5.01 Å². The summed E-state index contributed by atoms with van der Waals surface area (Å²) in [7, 11) is 0. The van der Waals surface area contributed by atoms with Gasteiger partial charge in [0.05, 0.1) is 11.9 Å². The van der Waals surface area contributed by atoms with Gasteiger partial charge in [-0.15, -0.1) is 11.3 Å². The largest absolute Gasteiger partial charge is 0.477 e. The number of carbonyl (C=O) groups is 1. The highest BCUT2D eigenvalue weighted by Gasteiger charge is 2.06. The maximum Gasteiger partial charge on any atom is 0.347 e. The van der Waals surface area contributed by atoms with Crippen molar-refractivity contribution in [3.63, 3.8) is 0 Å². The van der Waals surface area contributed by atoms with Gasteiger partial charge in [0.2, 0.25) is 0 Å². The lowest BCUT2D eigenvalue weighted by Crippen LogP contribution is -2.00. The van der Waals surface area contributed by atoms with Gasteiger partial charge < -0.3 is 5.11 Å². The van der Waals surface area contributed by atoms with Crippen LogP contribution < -0.4 is 0 Å². The number of rotatable bonds is 5. The Morgan fingerprint density at radius 1 is 1.56 bits per heavy atom. The van der Waals surface area contributed by atoms with Crippen LogP contribution in [-0.4, -0.2) is 25.8 Å². The van der Waals surface area contributed by atoms with E-state index in [1.54, 1.807) is 12.3 Å². The highest BCUT2D eigenvalue weighted by molar-refractivity contribution is 7.14. The zero-order valence-corrected chi connectivity index (χ0v) is 10.7. The third-order valence-electron chi connectivity index (χ3n) is 2.32. The van der Waals surface area contributed by atoms with Crippen LogP contribution in [0.3, 0.4) is 0 Å². The third-order valence-corrected chi connectivity index (χ3v) is 3.27. The molecule has 2 rings (SSSR count). The molecule has 0 unspecified atom stereocenters. The van der Waals surface area contributed by atoms with Crippen molar-refractivity contribution in [2.24, 2.45) is 0 Å². The van der Waals surface area contributed by atoms with Crippen LogP contribution in [0.15, 0.2) is 18.5 Å². The number of hydrogen-bond donors (Lipinski definition) is 1. The summed E-state index contributed by atoms with van der Waals surface area (Å²) in [5.41, 5.74) is 0.990. The summed E-state index contributed by atoms with van der Waals surface area (Å²) < 4.78 is 1.90. The van der Waals surface area contributed by atoms with E-state index >= 15 is 0 Å². The monoisotopic (exact) mass is 263 g/mol. The lowest BCUT2D eigenvalue weighted by molar-refractivity contribution is 0.0702. The molecule has 0 aliphatic carbocycles. The molecule has 0 amide bonds. The Hall–Kier alpha value is -1.95. The molecule has 0 radical (unpaired) electrons. The normalized spacial score (nSPS) is 11.2. The molecule has 1 N–H and O–H groups in total. The van der Waals surface area contributed by atoms with Gasteiger partial charge in [-0.3, -0.25) is 4.68 Å². The Balaban J connectivity index is 2.14. The zero-order chi connectivity index (χ0) is 13.0. The molecule has 94 valence electrons. The molecule has 0 saturated carbocycles. The molecule has 0 aromatic carbocycles. The highest BCUT2D eigenvalue weighted by Crippen LogP contribution is 2.15. The fraction of sp³-hybridized carbons (Fsp3) is 0.250. The summed E-state index contributed by atoms with van der Waals surface area (Å²) in [5.74, 6) is -0.942. The average molecular weight is 263 g/mol. The first-order valence-electron chi connectivity index (χ1n) is 5.59. The molecular formula is C12H13N3O2S. The Morgan fingerprint density at radius 3 is 3.06 bits per heavy atom. The molecule has 2 aromatic rings. The molecule has 0 aliphatic rings. The van der Waals surface area contributed by atoms with Crippen LogP contribution in [-0.2, 0) is 6.54 Å². The van der Waals surface area contributed by atoms with Gasteiger partial charge in [-0.05, 0) is 24.6 Å². The van der Waals surface area contributed by atoms with Crippen LogP contribution in [0.5, 0.6) is 0 Å². The molecule has 0 atom stereocenters. The number of thiazole rings is 1. The van der Waals surface area contributed by atoms with Crippen LogP contribution in [0, 0.1) is 0 Å². The van der Waals surface area contributed by atoms with E-state index in [1.165, 1.54) is 6.20 Å². The van der Waals surface area contributed by atoms with Crippen molar-refractivity contribution in [3.05, 3.63) is 34.0 Å². The summed E-state index contributed by atoms with van der Waals surface area (Å²) in [6.45, 7) is 2.96. The second kappa shape index (κ2) is 5.59. The number of aromatic carboxylic acids is 1. The lowest BCUT2D eigenvalue weighted by Gasteiger charge is -2.00. The first-order valence-corrected chi connectivity index (χ1v) is 6.41. The van der Waals surface area contributed by atoms with Gasteiger partial charge in [0.1, 0.15) is 9.88 Å². The van der Waals surface area contributed by atoms with Gasteiger partial charge >= 0.3 is 5.97 Å². The van der Waals surface area contributed by atoms with Gasteiger partial charge in [-0.25, -0.2) is 9.78 Å². The minimum atomic E-state index is -0.942. The number of nitrogens with zero attached hydrogens (tertiary/aromatic N) is 3. The van der Waals surface area contributed by atoms with Crippen molar-refractivity contribution in [1.29, 1.82) is 0 Å². The van der Waals surface area contributed by atoms with E-state index < -0.39 is 5.97 Å². The van der Waals surface area contributed by atoms with Crippen LogP contribution >= 0.6 is 11.3 Å². The minimum Gasteiger partial charge on any atom is -0.477 e. The van der Waals surface area contributed by atoms with Gasteiger partial charge in [-0.2, -0.15) is 5.10 Å². The van der Waals surface area contributed by atoms with Crippen molar-refractivity contribution in [3.8, 4) is 0 Å². The van der Waals surface area contributed by atoms with Crippen LogP contribution in [0.25, 0.3) is 12.2 Å². The van der Waals surface area contributed by atoms with Crippen molar-refractivity contribution in [2.75, 3.05) is 0 Å². The lowest BCUT2D eigenvalue weighted by atomic mass is 10.3. The Labute approximate surface area is 108 Å². The topological polar surface area (TPSA) is 68.0 Å². The van der Waals surface area contributed by atoms with Crippen LogP contribution in [0.1, 0.15) is 33.7 Å². The van der Waals surface area contributed by atoms with Gasteiger partial charge in [0, 0.05) is 12.7 Å². The molecule has 2 aromatic heterocycles. The van der Waals surface area contributed by atoms with E-state index in [-0.39, 0.29) is 4.88 Å². The predicted molar refractivity (Wildman–Crippen MR) is 70.5 cm³/mol. The van der Waals surface area contributed by atoms with E-state index in [0.717, 1.165) is 30.0 Å². The Kier molecular flexibility index (Phi) is 3.88. The predicted octanol–water partition coefficient (Wildman–Crippen LogP) is 2.62. The van der Waals surface area contributed by atoms with E-state index in [9.17, 15) is 4.79 Å². The van der Waals surface area contributed by atoms with Crippen molar-refractivity contribution in [1.82, 2.24) is 14.8 Å². The van der Waals surface area contributed by atoms with Gasteiger partial charge in [0.15, 0.2) is 0 Å². The third kappa shape index (κ3) is 2.84. The SMILES string of the molecule is CCCn1nccc1/C=C/c1ncc(C(=O)O)s1. The molecular weight excluding hydrogens is 250 g/mol. The van der Waals surface area contributed by atoms with Crippen LogP contribution in [0.2, 0.25) is 0 Å². The molecule has 0 aliphatic heterocycles. The van der Waals surface area contributed by atoms with Gasteiger partial charge in [0.25, 0.3) is 0 Å². The van der Waals surface area contributed by atoms with Crippen molar-refractivity contribution >= 4 is 29.5 Å². The number of carboxylic acids is 1. The molecule has 0 spiro atoms. The molecule has 18 heavy (non-hydrogen) atoms. The van der Waals surface area contributed by atoms with Gasteiger partial charge in [-0.1, -0.05) is 6.92 Å². The average Bonchev–Trinajstić information content (AvgIpc) is 2.95. The van der Waals surface area contributed by atoms with E-state index in [2.05, 4.69) is 17.0 Å². The maximum atomic E-state index is 10.7. The van der Waals surface area contributed by atoms with E-state index in [4.69, 9.17) is 5.11 Å². The molecule has 5 nitrogen and oxygen atoms in total. The molecule has 0 fully saturated rings. The fourth-order valence-corrected chi connectivity index (χ4v) is 2.16. The summed E-state index contributed by atoms with van der Waals surface area (Å²) in [6, 6.07) is 1.91. The second-order valence-electron chi connectivity index (χ2n) is 3.68. The first-order chi connectivity index (χ1) is 8.70. The first kappa shape index (κ1) is 12.5. The minimum absolute atomic E-state index is 0.247. The quantitative estimate of drug-likeness (QED) is 0.900. The molecule has 0 bridgehead atoms. The number of hydrogen-bond acceptors (Lipinski definition) is 4. The van der Waals surface area contributed by atoms with E-state index in [1.807, 2.05) is 16.8 Å². The second-order valence-corrected chi connectivity index (χ2v) is 4.74. The molecule has 6 heteroatoms. The summed E-state index contributed by atoms with van der Waals surface area (Å²) in [4.78, 5) is 15.0. The standard InChI is InChI=1S/C12H13N3O2S/c1-2-7-15-9(5-6-14-15)3-4-11-13-8-10(18-11)12(16)17/h3-6,8H,2,7H2,1H3,(H,16,17)/b4-3+. The number of aromatic nitrogens is 3. The smallest absolute Gasteiger partial charge is 0.347 e. The highest BCUT2D eigenvalue weighted by atomic mass is 32.1. The summed E-state index contributed by atoms with van der Waals surface area (Å²) in [6.07, 6.45) is 7.84. The summed E-state index contributed by atoms with van der Waals surface area (Å²) in [5, 5.41) is 13.7. The summed E-state index contributed by atoms with van der Waals surface area (Å²) >= 11 is 1.15. The number of aryl methyl sites for hydroxylation is 1.